The molecule has 0 unspecified atom stereocenters. The molecule has 5 heteroatoms. The molecule has 1 aromatic rings. The van der Waals surface area contributed by atoms with Gasteiger partial charge in [-0.05, 0) is 31.5 Å². The molecule has 0 saturated carbocycles. The van der Waals surface area contributed by atoms with Crippen LogP contribution in [0.3, 0.4) is 0 Å². The second-order valence-electron chi connectivity index (χ2n) is 5.16. The summed E-state index contributed by atoms with van der Waals surface area (Å²) in [4.78, 5) is 12.5. The van der Waals surface area contributed by atoms with Crippen molar-refractivity contribution in [3.63, 3.8) is 0 Å². The third-order valence-corrected chi connectivity index (χ3v) is 4.17. The first-order chi connectivity index (χ1) is 9.02. The maximum absolute atomic E-state index is 12.5. The number of halogens is 1. The van der Waals surface area contributed by atoms with E-state index in [1.165, 1.54) is 0 Å². The predicted octanol–water partition coefficient (Wildman–Crippen LogP) is 2.13. The van der Waals surface area contributed by atoms with Gasteiger partial charge in [-0.3, -0.25) is 4.79 Å². The fourth-order valence-corrected chi connectivity index (χ4v) is 2.53. The highest BCUT2D eigenvalue weighted by Gasteiger charge is 2.57. The summed E-state index contributed by atoms with van der Waals surface area (Å²) < 4.78 is 5.40. The number of Topliss-reactive ketones (excluding diaryl/α,β-unsaturated/α-hetero) is 1. The molecule has 0 spiro atoms. The number of nitrogens with one attached hydrogen (secondary N) is 1. The Balaban J connectivity index is 1.86. The highest BCUT2D eigenvalue weighted by molar-refractivity contribution is 6.45. The largest absolute Gasteiger partial charge is 0.358 e. The third kappa shape index (κ3) is 2.05. The van der Waals surface area contributed by atoms with Crippen LogP contribution in [0.4, 0.5) is 0 Å². The molecule has 0 bridgehead atoms. The van der Waals surface area contributed by atoms with Gasteiger partial charge in [-0.25, -0.2) is 0 Å². The number of epoxide rings is 1. The van der Waals surface area contributed by atoms with E-state index in [2.05, 4.69) is 10.5 Å². The van der Waals surface area contributed by atoms with E-state index < -0.39 is 5.60 Å². The molecule has 2 aliphatic heterocycles. The molecule has 3 atom stereocenters. The third-order valence-electron chi connectivity index (χ3n) is 3.92. The van der Waals surface area contributed by atoms with Crippen LogP contribution in [0.1, 0.15) is 25.3 Å². The molecule has 1 N–H and O–H groups in total. The summed E-state index contributed by atoms with van der Waals surface area (Å²) in [6.07, 6.45) is -0.0332. The quantitative estimate of drug-likeness (QED) is 0.862. The van der Waals surface area contributed by atoms with E-state index in [1.54, 1.807) is 0 Å². The molecule has 1 saturated heterocycles. The number of rotatable bonds is 3. The lowest BCUT2D eigenvalue weighted by molar-refractivity contribution is -0.117. The van der Waals surface area contributed by atoms with E-state index in [1.807, 2.05) is 38.1 Å². The molecule has 0 aliphatic carbocycles. The van der Waals surface area contributed by atoms with Crippen molar-refractivity contribution in [2.45, 2.75) is 31.5 Å². The average Bonchev–Trinajstić information content (AvgIpc) is 2.82. The lowest BCUT2D eigenvalue weighted by atomic mass is 9.87. The molecule has 4 nitrogen and oxygen atoms in total. The fourth-order valence-electron chi connectivity index (χ4n) is 2.40. The van der Waals surface area contributed by atoms with E-state index in [9.17, 15) is 4.79 Å². The second-order valence-corrected chi connectivity index (χ2v) is 5.60. The summed E-state index contributed by atoms with van der Waals surface area (Å²) in [5.74, 6) is -0.0528. The minimum Gasteiger partial charge on any atom is -0.358 e. The van der Waals surface area contributed by atoms with Crippen molar-refractivity contribution >= 4 is 23.1 Å². The van der Waals surface area contributed by atoms with Crippen LogP contribution in [0, 0.1) is 0 Å². The number of ether oxygens (including phenoxy) is 1. The van der Waals surface area contributed by atoms with E-state index in [-0.39, 0.29) is 17.8 Å². The van der Waals surface area contributed by atoms with Crippen LogP contribution in [0.2, 0.25) is 5.02 Å². The molecule has 2 aliphatic rings. The van der Waals surface area contributed by atoms with Gasteiger partial charge in [-0.15, -0.1) is 0 Å². The Bertz CT molecular complexity index is 555. The number of benzene rings is 1. The van der Waals surface area contributed by atoms with Crippen LogP contribution in [0.5, 0.6) is 0 Å². The second kappa shape index (κ2) is 4.32. The van der Waals surface area contributed by atoms with Crippen LogP contribution < -0.4 is 5.43 Å². The SMILES string of the molecule is C[C@@H]1O[C@]1(C)C(=O)C1=NNC[C@H]1c1ccc(Cl)cc1. The number of ketones is 1. The first-order valence-corrected chi connectivity index (χ1v) is 6.68. The van der Waals surface area contributed by atoms with Gasteiger partial charge in [0.05, 0.1) is 12.0 Å². The standard InChI is InChI=1S/C14H15ClN2O2/c1-8-14(2,19-8)13(18)12-11(7-16-17-12)9-3-5-10(15)6-4-9/h3-6,8,11,16H,7H2,1-2H3/t8-,11-,14-/m0/s1. The van der Waals surface area contributed by atoms with Crippen molar-refractivity contribution in [3.05, 3.63) is 34.9 Å². The molecular formula is C14H15ClN2O2. The van der Waals surface area contributed by atoms with Gasteiger partial charge in [0.25, 0.3) is 0 Å². The van der Waals surface area contributed by atoms with Gasteiger partial charge < -0.3 is 10.2 Å². The molecule has 100 valence electrons. The Morgan fingerprint density at radius 2 is 2.11 bits per heavy atom. The van der Waals surface area contributed by atoms with E-state index in [0.717, 1.165) is 5.56 Å². The summed E-state index contributed by atoms with van der Waals surface area (Å²) in [5, 5.41) is 4.85. The molecule has 1 fully saturated rings. The summed E-state index contributed by atoms with van der Waals surface area (Å²) >= 11 is 5.89. The van der Waals surface area contributed by atoms with E-state index in [4.69, 9.17) is 16.3 Å². The summed E-state index contributed by atoms with van der Waals surface area (Å²) in [6.45, 7) is 4.35. The maximum Gasteiger partial charge on any atom is 0.213 e. The highest BCUT2D eigenvalue weighted by Crippen LogP contribution is 2.39. The van der Waals surface area contributed by atoms with Gasteiger partial charge >= 0.3 is 0 Å². The Labute approximate surface area is 116 Å². The van der Waals surface area contributed by atoms with Crippen LogP contribution in [-0.4, -0.2) is 29.7 Å². The van der Waals surface area contributed by atoms with Crippen molar-refractivity contribution in [1.29, 1.82) is 0 Å². The van der Waals surface area contributed by atoms with Gasteiger partial charge in [0.2, 0.25) is 5.78 Å². The van der Waals surface area contributed by atoms with Crippen molar-refractivity contribution in [2.24, 2.45) is 5.10 Å². The van der Waals surface area contributed by atoms with E-state index in [0.29, 0.717) is 17.3 Å². The number of hydrazone groups is 1. The van der Waals surface area contributed by atoms with Gasteiger partial charge in [-0.1, -0.05) is 23.7 Å². The summed E-state index contributed by atoms with van der Waals surface area (Å²) in [6, 6.07) is 7.52. The smallest absolute Gasteiger partial charge is 0.213 e. The number of nitrogens with zero attached hydrogens (tertiary/aromatic N) is 1. The van der Waals surface area contributed by atoms with Crippen molar-refractivity contribution in [2.75, 3.05) is 6.54 Å². The molecule has 1 aromatic carbocycles. The van der Waals surface area contributed by atoms with Crippen LogP contribution in [-0.2, 0) is 9.53 Å². The van der Waals surface area contributed by atoms with Crippen molar-refractivity contribution < 1.29 is 9.53 Å². The van der Waals surface area contributed by atoms with Gasteiger partial charge in [-0.2, -0.15) is 5.10 Å². The zero-order valence-electron chi connectivity index (χ0n) is 10.8. The van der Waals surface area contributed by atoms with Gasteiger partial charge in [0, 0.05) is 11.6 Å². The number of hydrogen-bond acceptors (Lipinski definition) is 4. The number of carbonyl (C=O) groups excluding carboxylic acids is 1. The lowest BCUT2D eigenvalue weighted by Gasteiger charge is -2.13. The maximum atomic E-state index is 12.5. The molecule has 2 heterocycles. The Hall–Kier alpha value is -1.39. The van der Waals surface area contributed by atoms with Crippen LogP contribution in [0.15, 0.2) is 29.4 Å². The topological polar surface area (TPSA) is 54.0 Å². The average molecular weight is 279 g/mol. The number of carbonyl (C=O) groups is 1. The monoisotopic (exact) mass is 278 g/mol. The minimum atomic E-state index is -0.699. The first-order valence-electron chi connectivity index (χ1n) is 6.31. The predicted molar refractivity (Wildman–Crippen MR) is 73.6 cm³/mol. The first kappa shape index (κ1) is 12.6. The van der Waals surface area contributed by atoms with E-state index >= 15 is 0 Å². The van der Waals surface area contributed by atoms with Crippen LogP contribution in [0.25, 0.3) is 0 Å². The zero-order chi connectivity index (χ0) is 13.6. The lowest BCUT2D eigenvalue weighted by Crippen LogP contribution is -2.33. The summed E-state index contributed by atoms with van der Waals surface area (Å²) in [5.41, 5.74) is 3.80. The normalized spacial score (nSPS) is 32.7. The number of hydrogen-bond donors (Lipinski definition) is 1. The minimum absolute atomic E-state index is 0.0232. The van der Waals surface area contributed by atoms with Crippen molar-refractivity contribution in [3.8, 4) is 0 Å². The Morgan fingerprint density at radius 3 is 2.68 bits per heavy atom. The van der Waals surface area contributed by atoms with Crippen molar-refractivity contribution in [1.82, 2.24) is 5.43 Å². The molecule has 0 aromatic heterocycles. The molecule has 0 radical (unpaired) electrons. The molecule has 0 amide bonds. The Morgan fingerprint density at radius 1 is 1.47 bits per heavy atom. The van der Waals surface area contributed by atoms with Crippen LogP contribution >= 0.6 is 11.6 Å². The van der Waals surface area contributed by atoms with Gasteiger partial charge in [0.15, 0.2) is 5.60 Å². The molecular weight excluding hydrogens is 264 g/mol. The summed E-state index contributed by atoms with van der Waals surface area (Å²) in [7, 11) is 0. The Kier molecular flexibility index (Phi) is 2.87. The highest BCUT2D eigenvalue weighted by atomic mass is 35.5. The molecule has 19 heavy (non-hydrogen) atoms. The zero-order valence-corrected chi connectivity index (χ0v) is 11.6. The van der Waals surface area contributed by atoms with Gasteiger partial charge in [0.1, 0.15) is 5.71 Å². The molecule has 3 rings (SSSR count). The fraction of sp³-hybridized carbons (Fsp3) is 0.429.